The first-order valence-electron chi connectivity index (χ1n) is 6.35. The Labute approximate surface area is 114 Å². The molecule has 0 aromatic heterocycles. The lowest BCUT2D eigenvalue weighted by molar-refractivity contribution is 0.157. The minimum atomic E-state index is -3.42. The normalized spacial score (nSPS) is 20.6. The molecule has 1 saturated heterocycles. The smallest absolute Gasteiger partial charge is 0.245 e. The van der Waals surface area contributed by atoms with E-state index in [0.29, 0.717) is 36.2 Å². The van der Waals surface area contributed by atoms with E-state index in [1.54, 1.807) is 36.7 Å². The minimum absolute atomic E-state index is 0.293. The van der Waals surface area contributed by atoms with E-state index in [0.717, 1.165) is 6.42 Å². The van der Waals surface area contributed by atoms with E-state index in [1.807, 2.05) is 6.07 Å². The fourth-order valence-corrected chi connectivity index (χ4v) is 4.15. The fraction of sp³-hybridized carbons (Fsp3) is 0.538. The van der Waals surface area contributed by atoms with Crippen LogP contribution in [0.2, 0.25) is 0 Å². The molecular weight excluding hydrogens is 264 g/mol. The molecule has 0 amide bonds. The summed E-state index contributed by atoms with van der Waals surface area (Å²) in [5.41, 5.74) is 0.637. The van der Waals surface area contributed by atoms with Crippen LogP contribution in [0, 0.1) is 5.92 Å². The molecule has 0 aliphatic carbocycles. The lowest BCUT2D eigenvalue weighted by Crippen LogP contribution is -2.30. The molecule has 5 nitrogen and oxygen atoms in total. The SMILES string of the molecule is CNc1ccccc1S(=O)(=O)N1CCC(COC)C1. The number of anilines is 1. The molecule has 6 heteroatoms. The lowest BCUT2D eigenvalue weighted by atomic mass is 10.1. The molecule has 1 unspecified atom stereocenters. The summed E-state index contributed by atoms with van der Waals surface area (Å²) >= 11 is 0. The van der Waals surface area contributed by atoms with Crippen LogP contribution in [-0.2, 0) is 14.8 Å². The van der Waals surface area contributed by atoms with Gasteiger partial charge in [0.05, 0.1) is 12.3 Å². The molecule has 1 heterocycles. The molecular formula is C13H20N2O3S. The number of rotatable bonds is 5. The second kappa shape index (κ2) is 5.90. The van der Waals surface area contributed by atoms with Crippen LogP contribution in [0.4, 0.5) is 5.69 Å². The number of benzene rings is 1. The van der Waals surface area contributed by atoms with E-state index in [9.17, 15) is 8.42 Å². The molecule has 19 heavy (non-hydrogen) atoms. The van der Waals surface area contributed by atoms with Crippen molar-refractivity contribution in [3.05, 3.63) is 24.3 Å². The van der Waals surface area contributed by atoms with Gasteiger partial charge in [0.1, 0.15) is 4.90 Å². The lowest BCUT2D eigenvalue weighted by Gasteiger charge is -2.18. The van der Waals surface area contributed by atoms with Gasteiger partial charge in [0.2, 0.25) is 10.0 Å². The first kappa shape index (κ1) is 14.3. The van der Waals surface area contributed by atoms with Gasteiger partial charge in [-0.1, -0.05) is 12.1 Å². The second-order valence-corrected chi connectivity index (χ2v) is 6.63. The third kappa shape index (κ3) is 2.91. The molecule has 0 radical (unpaired) electrons. The molecule has 0 bridgehead atoms. The number of nitrogens with zero attached hydrogens (tertiary/aromatic N) is 1. The molecule has 1 aliphatic heterocycles. The van der Waals surface area contributed by atoms with Gasteiger partial charge in [-0.3, -0.25) is 0 Å². The summed E-state index contributed by atoms with van der Waals surface area (Å²) in [5, 5.41) is 2.93. The summed E-state index contributed by atoms with van der Waals surface area (Å²) in [6.45, 7) is 1.71. The maximum absolute atomic E-state index is 12.6. The minimum Gasteiger partial charge on any atom is -0.387 e. The number of ether oxygens (including phenoxy) is 1. The number of methoxy groups -OCH3 is 1. The molecule has 0 saturated carbocycles. The number of para-hydroxylation sites is 1. The third-order valence-corrected chi connectivity index (χ3v) is 5.35. The van der Waals surface area contributed by atoms with E-state index < -0.39 is 10.0 Å². The Bertz CT molecular complexity index is 530. The van der Waals surface area contributed by atoms with Gasteiger partial charge in [-0.25, -0.2) is 8.42 Å². The Morgan fingerprint density at radius 3 is 2.84 bits per heavy atom. The van der Waals surface area contributed by atoms with Gasteiger partial charge in [-0.05, 0) is 24.5 Å². The second-order valence-electron chi connectivity index (χ2n) is 4.72. The van der Waals surface area contributed by atoms with Crippen molar-refractivity contribution in [2.45, 2.75) is 11.3 Å². The topological polar surface area (TPSA) is 58.6 Å². The van der Waals surface area contributed by atoms with E-state index >= 15 is 0 Å². The van der Waals surface area contributed by atoms with Crippen molar-refractivity contribution in [2.75, 3.05) is 39.2 Å². The molecule has 1 fully saturated rings. The molecule has 1 N–H and O–H groups in total. The molecule has 106 valence electrons. The zero-order valence-electron chi connectivity index (χ0n) is 11.3. The quantitative estimate of drug-likeness (QED) is 0.887. The summed E-state index contributed by atoms with van der Waals surface area (Å²) in [6, 6.07) is 6.99. The van der Waals surface area contributed by atoms with Gasteiger partial charge in [0, 0.05) is 27.2 Å². The van der Waals surface area contributed by atoms with Crippen molar-refractivity contribution < 1.29 is 13.2 Å². The first-order chi connectivity index (χ1) is 9.09. The van der Waals surface area contributed by atoms with E-state index in [-0.39, 0.29) is 0 Å². The highest BCUT2D eigenvalue weighted by Gasteiger charge is 2.33. The highest BCUT2D eigenvalue weighted by molar-refractivity contribution is 7.89. The zero-order chi connectivity index (χ0) is 13.9. The highest BCUT2D eigenvalue weighted by atomic mass is 32.2. The Morgan fingerprint density at radius 2 is 2.16 bits per heavy atom. The Morgan fingerprint density at radius 1 is 1.42 bits per heavy atom. The van der Waals surface area contributed by atoms with Gasteiger partial charge >= 0.3 is 0 Å². The number of hydrogen-bond donors (Lipinski definition) is 1. The molecule has 1 aromatic rings. The predicted octanol–water partition coefficient (Wildman–Crippen LogP) is 1.39. The van der Waals surface area contributed by atoms with E-state index in [2.05, 4.69) is 5.32 Å². The van der Waals surface area contributed by atoms with Crippen molar-refractivity contribution in [1.82, 2.24) is 4.31 Å². The summed E-state index contributed by atoms with van der Waals surface area (Å²) in [5.74, 6) is 0.293. The Kier molecular flexibility index (Phi) is 4.44. The van der Waals surface area contributed by atoms with Crippen LogP contribution in [0.25, 0.3) is 0 Å². The van der Waals surface area contributed by atoms with Gasteiger partial charge < -0.3 is 10.1 Å². The molecule has 1 aromatic carbocycles. The number of sulfonamides is 1. The molecule has 0 spiro atoms. The Hall–Kier alpha value is -1.11. The average Bonchev–Trinajstić information content (AvgIpc) is 2.88. The van der Waals surface area contributed by atoms with Crippen LogP contribution in [0.3, 0.4) is 0 Å². The first-order valence-corrected chi connectivity index (χ1v) is 7.79. The number of nitrogens with one attached hydrogen (secondary N) is 1. The third-order valence-electron chi connectivity index (χ3n) is 3.43. The van der Waals surface area contributed by atoms with Crippen molar-refractivity contribution >= 4 is 15.7 Å². The van der Waals surface area contributed by atoms with E-state index in [4.69, 9.17) is 4.74 Å². The van der Waals surface area contributed by atoms with Crippen molar-refractivity contribution in [1.29, 1.82) is 0 Å². The standard InChI is InChI=1S/C13H20N2O3S/c1-14-12-5-3-4-6-13(12)19(16,17)15-8-7-11(9-15)10-18-2/h3-6,11,14H,7-10H2,1-2H3. The van der Waals surface area contributed by atoms with Crippen LogP contribution in [0.1, 0.15) is 6.42 Å². The number of hydrogen-bond acceptors (Lipinski definition) is 4. The summed E-state index contributed by atoms with van der Waals surface area (Å²) in [6.07, 6.45) is 0.856. The van der Waals surface area contributed by atoms with E-state index in [1.165, 1.54) is 0 Å². The zero-order valence-corrected chi connectivity index (χ0v) is 12.1. The summed E-state index contributed by atoms with van der Waals surface area (Å²) in [4.78, 5) is 0.343. The Balaban J connectivity index is 2.24. The fourth-order valence-electron chi connectivity index (χ4n) is 2.42. The molecule has 1 aliphatic rings. The predicted molar refractivity (Wildman–Crippen MR) is 74.7 cm³/mol. The van der Waals surface area contributed by atoms with Crippen LogP contribution in [0.5, 0.6) is 0 Å². The average molecular weight is 284 g/mol. The van der Waals surface area contributed by atoms with Crippen LogP contribution in [-0.4, -0.2) is 46.6 Å². The van der Waals surface area contributed by atoms with Crippen LogP contribution in [0.15, 0.2) is 29.2 Å². The van der Waals surface area contributed by atoms with Crippen LogP contribution < -0.4 is 5.32 Å². The van der Waals surface area contributed by atoms with Gasteiger partial charge in [0.25, 0.3) is 0 Å². The maximum atomic E-state index is 12.6. The van der Waals surface area contributed by atoms with Gasteiger partial charge in [0.15, 0.2) is 0 Å². The van der Waals surface area contributed by atoms with Crippen molar-refractivity contribution in [3.8, 4) is 0 Å². The van der Waals surface area contributed by atoms with Crippen LogP contribution >= 0.6 is 0 Å². The van der Waals surface area contributed by atoms with Crippen molar-refractivity contribution in [3.63, 3.8) is 0 Å². The highest BCUT2D eigenvalue weighted by Crippen LogP contribution is 2.28. The van der Waals surface area contributed by atoms with Gasteiger partial charge in [-0.15, -0.1) is 0 Å². The maximum Gasteiger partial charge on any atom is 0.245 e. The molecule has 2 rings (SSSR count). The summed E-state index contributed by atoms with van der Waals surface area (Å²) in [7, 11) is -0.0429. The largest absolute Gasteiger partial charge is 0.387 e. The van der Waals surface area contributed by atoms with Crippen molar-refractivity contribution in [2.24, 2.45) is 5.92 Å². The van der Waals surface area contributed by atoms with Gasteiger partial charge in [-0.2, -0.15) is 4.31 Å². The summed E-state index contributed by atoms with van der Waals surface area (Å²) < 4.78 is 31.9. The monoisotopic (exact) mass is 284 g/mol. The molecule has 1 atom stereocenters.